The predicted octanol–water partition coefficient (Wildman–Crippen LogP) is 1.51. The zero-order valence-corrected chi connectivity index (χ0v) is 11.3. The highest BCUT2D eigenvalue weighted by atomic mass is 32.2. The lowest BCUT2D eigenvalue weighted by Crippen LogP contribution is -2.52. The van der Waals surface area contributed by atoms with Crippen molar-refractivity contribution < 1.29 is 9.84 Å². The fourth-order valence-electron chi connectivity index (χ4n) is 2.09. The molecule has 0 aromatic carbocycles. The van der Waals surface area contributed by atoms with Crippen molar-refractivity contribution in [3.63, 3.8) is 0 Å². The van der Waals surface area contributed by atoms with Crippen molar-refractivity contribution >= 4 is 11.8 Å². The Morgan fingerprint density at radius 1 is 1.50 bits per heavy atom. The molecular weight excluding hydrogens is 222 g/mol. The Bertz CT molecular complexity index is 188. The summed E-state index contributed by atoms with van der Waals surface area (Å²) < 4.78 is 5.03. The van der Waals surface area contributed by atoms with Gasteiger partial charge in [-0.3, -0.25) is 0 Å². The summed E-state index contributed by atoms with van der Waals surface area (Å²) in [6.45, 7) is 4.16. The van der Waals surface area contributed by atoms with Gasteiger partial charge in [-0.05, 0) is 37.5 Å². The molecule has 0 bridgehead atoms. The minimum Gasteiger partial charge on any atom is -0.394 e. The summed E-state index contributed by atoms with van der Waals surface area (Å²) in [4.78, 5) is 0. The lowest BCUT2D eigenvalue weighted by molar-refractivity contribution is 0.161. The van der Waals surface area contributed by atoms with E-state index in [0.717, 1.165) is 31.1 Å². The zero-order valence-electron chi connectivity index (χ0n) is 10.5. The summed E-state index contributed by atoms with van der Waals surface area (Å²) in [5.41, 5.74) is -0.0213. The van der Waals surface area contributed by atoms with Gasteiger partial charge in [-0.2, -0.15) is 11.8 Å². The van der Waals surface area contributed by atoms with Crippen LogP contribution in [0.3, 0.4) is 0 Å². The monoisotopic (exact) mass is 247 g/mol. The van der Waals surface area contributed by atoms with E-state index in [1.807, 2.05) is 11.8 Å². The van der Waals surface area contributed by atoms with Crippen molar-refractivity contribution in [1.82, 2.24) is 5.32 Å². The largest absolute Gasteiger partial charge is 0.394 e. The SMILES string of the molecule is CCNC(CO)(CSCCCOC)C1CC1. The topological polar surface area (TPSA) is 41.5 Å². The summed E-state index contributed by atoms with van der Waals surface area (Å²) in [6.07, 6.45) is 3.64. The zero-order chi connectivity index (χ0) is 11.9. The van der Waals surface area contributed by atoms with Crippen molar-refractivity contribution in [2.45, 2.75) is 31.7 Å². The number of aliphatic hydroxyl groups excluding tert-OH is 1. The van der Waals surface area contributed by atoms with Gasteiger partial charge in [-0.15, -0.1) is 0 Å². The van der Waals surface area contributed by atoms with E-state index in [0.29, 0.717) is 5.92 Å². The van der Waals surface area contributed by atoms with Crippen LogP contribution in [0.1, 0.15) is 26.2 Å². The van der Waals surface area contributed by atoms with Crippen LogP contribution in [0, 0.1) is 5.92 Å². The highest BCUT2D eigenvalue weighted by molar-refractivity contribution is 7.99. The van der Waals surface area contributed by atoms with Gasteiger partial charge in [0, 0.05) is 19.5 Å². The maximum Gasteiger partial charge on any atom is 0.0624 e. The van der Waals surface area contributed by atoms with E-state index >= 15 is 0 Å². The Morgan fingerprint density at radius 2 is 2.25 bits per heavy atom. The third kappa shape index (κ3) is 4.24. The number of nitrogens with one attached hydrogen (secondary N) is 1. The van der Waals surface area contributed by atoms with Crippen LogP contribution in [0.4, 0.5) is 0 Å². The summed E-state index contributed by atoms with van der Waals surface area (Å²) in [7, 11) is 1.74. The van der Waals surface area contributed by atoms with Crippen LogP contribution in [0.15, 0.2) is 0 Å². The fraction of sp³-hybridized carbons (Fsp3) is 1.00. The molecule has 1 rings (SSSR count). The van der Waals surface area contributed by atoms with Gasteiger partial charge < -0.3 is 15.2 Å². The van der Waals surface area contributed by atoms with Crippen molar-refractivity contribution in [1.29, 1.82) is 0 Å². The molecule has 4 heteroatoms. The van der Waals surface area contributed by atoms with Gasteiger partial charge in [-0.25, -0.2) is 0 Å². The van der Waals surface area contributed by atoms with Crippen molar-refractivity contribution in [2.24, 2.45) is 5.92 Å². The molecule has 0 aromatic heterocycles. The Hall–Kier alpha value is 0.230. The summed E-state index contributed by atoms with van der Waals surface area (Å²) in [5.74, 6) is 2.83. The smallest absolute Gasteiger partial charge is 0.0624 e. The van der Waals surface area contributed by atoms with Crippen LogP contribution in [0.25, 0.3) is 0 Å². The number of likely N-dealkylation sites (N-methyl/N-ethyl adjacent to an activating group) is 1. The molecule has 1 unspecified atom stereocenters. The Balaban J connectivity index is 2.26. The molecule has 16 heavy (non-hydrogen) atoms. The standard InChI is InChI=1S/C12H25NO2S/c1-3-13-12(9-14,11-5-6-11)10-16-8-4-7-15-2/h11,13-14H,3-10H2,1-2H3. The average molecular weight is 247 g/mol. The summed E-state index contributed by atoms with van der Waals surface area (Å²) in [5, 5.41) is 13.1. The normalized spacial score (nSPS) is 19.7. The molecule has 0 amide bonds. The Labute approximate surface area is 103 Å². The van der Waals surface area contributed by atoms with E-state index in [2.05, 4.69) is 12.2 Å². The lowest BCUT2D eigenvalue weighted by Gasteiger charge is -2.33. The Kier molecular flexibility index (Phi) is 6.73. The predicted molar refractivity (Wildman–Crippen MR) is 70.0 cm³/mol. The van der Waals surface area contributed by atoms with Gasteiger partial charge in [0.25, 0.3) is 0 Å². The number of aliphatic hydroxyl groups is 1. The number of rotatable bonds is 10. The number of ether oxygens (including phenoxy) is 1. The van der Waals surface area contributed by atoms with E-state index in [1.54, 1.807) is 7.11 Å². The van der Waals surface area contributed by atoms with E-state index in [4.69, 9.17) is 4.74 Å². The number of hydrogen-bond donors (Lipinski definition) is 2. The quantitative estimate of drug-likeness (QED) is 0.574. The molecule has 0 spiro atoms. The van der Waals surface area contributed by atoms with E-state index in [1.165, 1.54) is 12.8 Å². The minimum atomic E-state index is -0.0213. The third-order valence-electron chi connectivity index (χ3n) is 3.17. The first kappa shape index (κ1) is 14.3. The molecule has 3 nitrogen and oxygen atoms in total. The molecule has 1 fully saturated rings. The second kappa shape index (κ2) is 7.54. The summed E-state index contributed by atoms with van der Waals surface area (Å²) >= 11 is 1.93. The average Bonchev–Trinajstić information content (AvgIpc) is 3.11. The van der Waals surface area contributed by atoms with Gasteiger partial charge >= 0.3 is 0 Å². The first-order chi connectivity index (χ1) is 7.79. The molecule has 0 saturated heterocycles. The molecule has 1 atom stereocenters. The van der Waals surface area contributed by atoms with Crippen LogP contribution >= 0.6 is 11.8 Å². The molecular formula is C12H25NO2S. The molecule has 1 aliphatic rings. The van der Waals surface area contributed by atoms with E-state index in [-0.39, 0.29) is 12.1 Å². The van der Waals surface area contributed by atoms with Gasteiger partial charge in [-0.1, -0.05) is 6.92 Å². The van der Waals surface area contributed by atoms with Crippen LogP contribution in [-0.4, -0.2) is 49.0 Å². The highest BCUT2D eigenvalue weighted by Gasteiger charge is 2.43. The van der Waals surface area contributed by atoms with Crippen molar-refractivity contribution in [2.75, 3.05) is 38.4 Å². The number of hydrogen-bond acceptors (Lipinski definition) is 4. The second-order valence-electron chi connectivity index (χ2n) is 4.52. The van der Waals surface area contributed by atoms with E-state index < -0.39 is 0 Å². The molecule has 2 N–H and O–H groups in total. The number of methoxy groups -OCH3 is 1. The first-order valence-corrected chi connectivity index (χ1v) is 7.37. The van der Waals surface area contributed by atoms with Gasteiger partial charge in [0.05, 0.1) is 12.1 Å². The molecule has 96 valence electrons. The molecule has 1 saturated carbocycles. The van der Waals surface area contributed by atoms with Crippen LogP contribution in [-0.2, 0) is 4.74 Å². The van der Waals surface area contributed by atoms with Gasteiger partial charge in [0.15, 0.2) is 0 Å². The van der Waals surface area contributed by atoms with Crippen LogP contribution in [0.2, 0.25) is 0 Å². The fourth-order valence-corrected chi connectivity index (χ4v) is 3.35. The third-order valence-corrected chi connectivity index (χ3v) is 4.46. The number of thioether (sulfide) groups is 1. The van der Waals surface area contributed by atoms with Crippen LogP contribution < -0.4 is 5.32 Å². The second-order valence-corrected chi connectivity index (χ2v) is 5.62. The lowest BCUT2D eigenvalue weighted by atomic mass is 9.97. The van der Waals surface area contributed by atoms with Gasteiger partial charge in [0.1, 0.15) is 0 Å². The summed E-state index contributed by atoms with van der Waals surface area (Å²) in [6, 6.07) is 0. The van der Waals surface area contributed by atoms with Crippen molar-refractivity contribution in [3.8, 4) is 0 Å². The highest BCUT2D eigenvalue weighted by Crippen LogP contribution is 2.41. The van der Waals surface area contributed by atoms with Gasteiger partial charge in [0.2, 0.25) is 0 Å². The minimum absolute atomic E-state index is 0.0213. The maximum atomic E-state index is 9.62. The molecule has 0 heterocycles. The van der Waals surface area contributed by atoms with E-state index in [9.17, 15) is 5.11 Å². The molecule has 0 aromatic rings. The van der Waals surface area contributed by atoms with Crippen molar-refractivity contribution in [3.05, 3.63) is 0 Å². The molecule has 0 aliphatic heterocycles. The van der Waals surface area contributed by atoms with Crippen LogP contribution in [0.5, 0.6) is 0 Å². The maximum absolute atomic E-state index is 9.62. The Morgan fingerprint density at radius 3 is 2.75 bits per heavy atom. The molecule has 1 aliphatic carbocycles. The first-order valence-electron chi connectivity index (χ1n) is 6.21. The molecule has 0 radical (unpaired) electrons.